The molecule has 1 fully saturated rings. The number of carbonyl (C=O) groups excluding carboxylic acids is 3. The van der Waals surface area contributed by atoms with Crippen molar-refractivity contribution in [3.63, 3.8) is 0 Å². The maximum Gasteiger partial charge on any atom is 0.330 e. The second-order valence-corrected chi connectivity index (χ2v) is 7.52. The molecule has 1 saturated heterocycles. The van der Waals surface area contributed by atoms with Crippen molar-refractivity contribution in [3.8, 4) is 0 Å². The molecule has 6 heteroatoms. The van der Waals surface area contributed by atoms with E-state index in [0.29, 0.717) is 13.0 Å². The topological polar surface area (TPSA) is 69.7 Å². The van der Waals surface area contributed by atoms with Crippen molar-refractivity contribution in [1.29, 1.82) is 0 Å². The third-order valence-electron chi connectivity index (χ3n) is 5.44. The van der Waals surface area contributed by atoms with Gasteiger partial charge in [-0.1, -0.05) is 43.9 Å². The number of rotatable bonds is 5. The molecule has 1 aromatic carbocycles. The van der Waals surface area contributed by atoms with Crippen LogP contribution in [0.2, 0.25) is 0 Å². The lowest BCUT2D eigenvalue weighted by atomic mass is 9.74. The van der Waals surface area contributed by atoms with Crippen LogP contribution in [0, 0.1) is 12.3 Å². The van der Waals surface area contributed by atoms with E-state index in [2.05, 4.69) is 12.2 Å². The molecule has 0 unspecified atom stereocenters. The van der Waals surface area contributed by atoms with E-state index in [1.807, 2.05) is 37.1 Å². The lowest BCUT2D eigenvalue weighted by Gasteiger charge is -2.45. The quantitative estimate of drug-likeness (QED) is 0.650. The number of nitrogens with zero attached hydrogens (tertiary/aromatic N) is 2. The van der Waals surface area contributed by atoms with E-state index in [-0.39, 0.29) is 12.5 Å². The van der Waals surface area contributed by atoms with Gasteiger partial charge in [-0.25, -0.2) is 4.79 Å². The van der Waals surface area contributed by atoms with E-state index in [1.54, 1.807) is 0 Å². The van der Waals surface area contributed by atoms with Crippen LogP contribution in [0.1, 0.15) is 43.7 Å². The van der Waals surface area contributed by atoms with E-state index in [4.69, 9.17) is 0 Å². The highest BCUT2D eigenvalue weighted by atomic mass is 16.2. The number of hydrogen-bond acceptors (Lipinski definition) is 4. The normalized spacial score (nSPS) is 22.7. The highest BCUT2D eigenvalue weighted by Crippen LogP contribution is 2.39. The molecule has 4 amide bonds. The van der Waals surface area contributed by atoms with Crippen LogP contribution in [0.15, 0.2) is 18.2 Å². The molecule has 2 aliphatic heterocycles. The number of carbonyl (C=O) groups is 3. The van der Waals surface area contributed by atoms with Gasteiger partial charge in [-0.2, -0.15) is 0 Å². The summed E-state index contributed by atoms with van der Waals surface area (Å²) < 4.78 is 0. The van der Waals surface area contributed by atoms with Gasteiger partial charge in [0.15, 0.2) is 0 Å². The van der Waals surface area contributed by atoms with Crippen molar-refractivity contribution in [2.45, 2.75) is 46.0 Å². The first-order chi connectivity index (χ1) is 12.4. The maximum absolute atomic E-state index is 13.2. The fraction of sp³-hybridized carbons (Fsp3) is 0.550. The Morgan fingerprint density at radius 3 is 2.65 bits per heavy atom. The fourth-order valence-corrected chi connectivity index (χ4v) is 4.03. The summed E-state index contributed by atoms with van der Waals surface area (Å²) in [5.41, 5.74) is 1.87. The Bertz CT molecular complexity index is 746. The zero-order valence-electron chi connectivity index (χ0n) is 15.8. The smallest absolute Gasteiger partial charge is 0.330 e. The van der Waals surface area contributed by atoms with E-state index in [1.165, 1.54) is 4.90 Å². The second-order valence-electron chi connectivity index (χ2n) is 7.52. The Kier molecular flexibility index (Phi) is 5.03. The monoisotopic (exact) mass is 357 g/mol. The predicted molar refractivity (Wildman–Crippen MR) is 100.0 cm³/mol. The van der Waals surface area contributed by atoms with Gasteiger partial charge < -0.3 is 4.90 Å². The van der Waals surface area contributed by atoms with Crippen LogP contribution in [-0.2, 0) is 16.0 Å². The lowest BCUT2D eigenvalue weighted by Crippen LogP contribution is -2.68. The molecule has 0 radical (unpaired) electrons. The first-order valence-electron chi connectivity index (χ1n) is 9.37. The maximum atomic E-state index is 13.2. The summed E-state index contributed by atoms with van der Waals surface area (Å²) in [5, 5.41) is 2.43. The number of hydrogen-bond donors (Lipinski definition) is 1. The lowest BCUT2D eigenvalue weighted by molar-refractivity contribution is -0.151. The van der Waals surface area contributed by atoms with Crippen LogP contribution in [0.25, 0.3) is 0 Å². The summed E-state index contributed by atoms with van der Waals surface area (Å²) in [6.45, 7) is 4.76. The summed E-state index contributed by atoms with van der Waals surface area (Å²) in [5.74, 6) is -0.835. The Morgan fingerprint density at radius 2 is 1.92 bits per heavy atom. The van der Waals surface area contributed by atoms with Crippen LogP contribution in [0.3, 0.4) is 0 Å². The number of fused-ring (bicyclic) bond motifs is 1. The minimum absolute atomic E-state index is 0.284. The van der Waals surface area contributed by atoms with Crippen LogP contribution in [0.5, 0.6) is 0 Å². The summed E-state index contributed by atoms with van der Waals surface area (Å²) in [7, 11) is 1.89. The standard InChI is InChI=1S/C20H27N3O3/c1-4-5-6-7-10-23-18(25)20(17(24)21-19(23)26)12-15-11-14(2)8-9-16(15)22(3)13-20/h8-9,11H,4-7,10,12-13H2,1-3H3,(H,21,24,26)/t20-/m0/s1. The summed E-state index contributed by atoms with van der Waals surface area (Å²) >= 11 is 0. The summed E-state index contributed by atoms with van der Waals surface area (Å²) in [6.07, 6.45) is 4.23. The molecule has 140 valence electrons. The first-order valence-corrected chi connectivity index (χ1v) is 9.37. The van der Waals surface area contributed by atoms with Crippen LogP contribution >= 0.6 is 0 Å². The number of barbiturate groups is 1. The molecular formula is C20H27N3O3. The van der Waals surface area contributed by atoms with Gasteiger partial charge >= 0.3 is 6.03 Å². The highest BCUT2D eigenvalue weighted by molar-refractivity contribution is 6.20. The van der Waals surface area contributed by atoms with Gasteiger partial charge in [-0.15, -0.1) is 0 Å². The Labute approximate surface area is 154 Å². The molecule has 1 spiro atoms. The summed E-state index contributed by atoms with van der Waals surface area (Å²) in [6, 6.07) is 5.49. The molecule has 6 nitrogen and oxygen atoms in total. The number of amides is 4. The molecule has 0 aromatic heterocycles. The molecule has 26 heavy (non-hydrogen) atoms. The molecule has 3 rings (SSSR count). The van der Waals surface area contributed by atoms with Crippen molar-refractivity contribution < 1.29 is 14.4 Å². The van der Waals surface area contributed by atoms with Crippen molar-refractivity contribution >= 4 is 23.5 Å². The Balaban J connectivity index is 1.89. The second kappa shape index (κ2) is 7.09. The van der Waals surface area contributed by atoms with Gasteiger partial charge in [0.05, 0.1) is 0 Å². The van der Waals surface area contributed by atoms with Crippen molar-refractivity contribution in [2.24, 2.45) is 5.41 Å². The minimum atomic E-state index is -1.23. The summed E-state index contributed by atoms with van der Waals surface area (Å²) in [4.78, 5) is 41.4. The molecular weight excluding hydrogens is 330 g/mol. The van der Waals surface area contributed by atoms with E-state index in [0.717, 1.165) is 42.5 Å². The SMILES string of the molecule is CCCCCCN1C(=O)NC(=O)[C@@]2(Cc3cc(C)ccc3N(C)C2)C1=O. The van der Waals surface area contributed by atoms with Gasteiger partial charge in [0.25, 0.3) is 0 Å². The zero-order valence-corrected chi connectivity index (χ0v) is 15.8. The molecule has 0 saturated carbocycles. The minimum Gasteiger partial charge on any atom is -0.373 e. The molecule has 1 aromatic rings. The van der Waals surface area contributed by atoms with Gasteiger partial charge in [0.2, 0.25) is 11.8 Å². The van der Waals surface area contributed by atoms with Gasteiger partial charge in [-0.3, -0.25) is 19.8 Å². The highest BCUT2D eigenvalue weighted by Gasteiger charge is 2.56. The Hall–Kier alpha value is -2.37. The number of imide groups is 2. The van der Waals surface area contributed by atoms with E-state index < -0.39 is 17.4 Å². The Morgan fingerprint density at radius 1 is 1.15 bits per heavy atom. The fourth-order valence-electron chi connectivity index (χ4n) is 4.03. The number of urea groups is 1. The predicted octanol–water partition coefficient (Wildman–Crippen LogP) is 2.63. The van der Waals surface area contributed by atoms with Crippen molar-refractivity contribution in [3.05, 3.63) is 29.3 Å². The number of nitrogens with one attached hydrogen (secondary N) is 1. The van der Waals surface area contributed by atoms with Crippen LogP contribution in [-0.4, -0.2) is 42.9 Å². The molecule has 0 bridgehead atoms. The largest absolute Gasteiger partial charge is 0.373 e. The third kappa shape index (κ3) is 3.08. The number of aryl methyl sites for hydroxylation is 1. The molecule has 0 aliphatic carbocycles. The van der Waals surface area contributed by atoms with Crippen LogP contribution < -0.4 is 10.2 Å². The van der Waals surface area contributed by atoms with Crippen molar-refractivity contribution in [2.75, 3.05) is 25.0 Å². The average molecular weight is 357 g/mol. The van der Waals surface area contributed by atoms with E-state index in [9.17, 15) is 14.4 Å². The molecule has 1 N–H and O–H groups in total. The average Bonchev–Trinajstić information content (AvgIpc) is 2.59. The van der Waals surface area contributed by atoms with E-state index >= 15 is 0 Å². The van der Waals surface area contributed by atoms with Gasteiger partial charge in [-0.05, 0) is 31.4 Å². The van der Waals surface area contributed by atoms with Crippen molar-refractivity contribution in [1.82, 2.24) is 10.2 Å². The molecule has 2 aliphatic rings. The number of benzene rings is 1. The molecule has 1 atom stereocenters. The molecule has 2 heterocycles. The number of unbranched alkanes of at least 4 members (excludes halogenated alkanes) is 3. The number of anilines is 1. The first kappa shape index (κ1) is 18.4. The van der Waals surface area contributed by atoms with Gasteiger partial charge in [0, 0.05) is 25.8 Å². The zero-order chi connectivity index (χ0) is 18.9. The van der Waals surface area contributed by atoms with Crippen LogP contribution in [0.4, 0.5) is 10.5 Å². The third-order valence-corrected chi connectivity index (χ3v) is 5.44. The van der Waals surface area contributed by atoms with Gasteiger partial charge in [0.1, 0.15) is 5.41 Å².